The van der Waals surface area contributed by atoms with E-state index in [1.165, 1.54) is 18.9 Å². The van der Waals surface area contributed by atoms with Crippen molar-refractivity contribution in [2.24, 2.45) is 0 Å². The van der Waals surface area contributed by atoms with Crippen LogP contribution in [0.1, 0.15) is 22.8 Å². The molecule has 0 saturated carbocycles. The molecule has 0 fully saturated rings. The first-order valence-electron chi connectivity index (χ1n) is 6.16. The second kappa shape index (κ2) is 6.95. The van der Waals surface area contributed by atoms with Crippen LogP contribution in [0.25, 0.3) is 0 Å². The van der Waals surface area contributed by atoms with Crippen molar-refractivity contribution in [2.75, 3.05) is 26.8 Å². The number of ether oxygens (including phenoxy) is 1. The van der Waals surface area contributed by atoms with E-state index in [4.69, 9.17) is 4.74 Å². The van der Waals surface area contributed by atoms with Gasteiger partial charge in [0, 0.05) is 32.3 Å². The molecule has 1 rings (SSSR count). The highest BCUT2D eigenvalue weighted by Crippen LogP contribution is 2.22. The minimum atomic E-state index is -0.733. The molecule has 0 unspecified atom stereocenters. The van der Waals surface area contributed by atoms with Crippen LogP contribution in [0, 0.1) is 22.9 Å². The molecule has 0 heterocycles. The highest BCUT2D eigenvalue weighted by atomic mass is 19.1. The van der Waals surface area contributed by atoms with E-state index in [1.54, 1.807) is 0 Å². The zero-order valence-corrected chi connectivity index (χ0v) is 11.7. The Kier molecular flexibility index (Phi) is 5.57. The number of amides is 1. The van der Waals surface area contributed by atoms with Gasteiger partial charge in [-0.05, 0) is 19.4 Å². The van der Waals surface area contributed by atoms with E-state index in [0.29, 0.717) is 13.2 Å². The molecule has 0 spiro atoms. The molecule has 0 radical (unpaired) electrons. The monoisotopic (exact) mass is 284 g/mol. The van der Waals surface area contributed by atoms with E-state index in [-0.39, 0.29) is 23.4 Å². The third kappa shape index (κ3) is 3.74. The zero-order valence-electron chi connectivity index (χ0n) is 11.7. The van der Waals surface area contributed by atoms with Gasteiger partial charge in [0.15, 0.2) is 0 Å². The lowest BCUT2D eigenvalue weighted by atomic mass is 10.1. The van der Waals surface area contributed by atoms with E-state index in [0.717, 1.165) is 12.1 Å². The van der Waals surface area contributed by atoms with Crippen LogP contribution in [0.5, 0.6) is 0 Å². The van der Waals surface area contributed by atoms with Gasteiger partial charge in [-0.15, -0.1) is 0 Å². The Labute approximate surface area is 116 Å². The lowest BCUT2D eigenvalue weighted by Gasteiger charge is -2.17. The highest BCUT2D eigenvalue weighted by Gasteiger charge is 2.22. The van der Waals surface area contributed by atoms with Gasteiger partial charge in [-0.3, -0.25) is 14.9 Å². The van der Waals surface area contributed by atoms with Gasteiger partial charge >= 0.3 is 0 Å². The molecule has 0 bridgehead atoms. The van der Waals surface area contributed by atoms with E-state index in [1.807, 2.05) is 6.92 Å². The van der Waals surface area contributed by atoms with Crippen molar-refractivity contribution in [1.29, 1.82) is 0 Å². The first-order valence-corrected chi connectivity index (χ1v) is 6.16. The second-order valence-corrected chi connectivity index (χ2v) is 4.30. The van der Waals surface area contributed by atoms with Gasteiger partial charge in [-0.2, -0.15) is 0 Å². The molecule has 0 aromatic heterocycles. The van der Waals surface area contributed by atoms with Crippen molar-refractivity contribution < 1.29 is 18.8 Å². The molecule has 0 N–H and O–H groups in total. The number of nitro groups is 1. The zero-order chi connectivity index (χ0) is 15.3. The van der Waals surface area contributed by atoms with Gasteiger partial charge < -0.3 is 9.64 Å². The number of hydrogen-bond acceptors (Lipinski definition) is 4. The van der Waals surface area contributed by atoms with Crippen molar-refractivity contribution in [1.82, 2.24) is 4.90 Å². The Morgan fingerprint density at radius 3 is 2.70 bits per heavy atom. The van der Waals surface area contributed by atoms with Crippen molar-refractivity contribution in [3.05, 3.63) is 39.2 Å². The van der Waals surface area contributed by atoms with Crippen molar-refractivity contribution in [2.45, 2.75) is 13.8 Å². The third-order valence-corrected chi connectivity index (χ3v) is 2.80. The number of hydrogen-bond donors (Lipinski definition) is 0. The number of likely N-dealkylation sites (N-methyl/N-ethyl adjacent to an activating group) is 1. The maximum atomic E-state index is 13.9. The maximum absolute atomic E-state index is 13.9. The lowest BCUT2D eigenvalue weighted by Crippen LogP contribution is -2.31. The van der Waals surface area contributed by atoms with Gasteiger partial charge in [0.25, 0.3) is 11.6 Å². The minimum Gasteiger partial charge on any atom is -0.380 e. The number of halogens is 1. The summed E-state index contributed by atoms with van der Waals surface area (Å²) in [6.45, 7) is 4.35. The molecule has 110 valence electrons. The summed E-state index contributed by atoms with van der Waals surface area (Å²) >= 11 is 0. The molecule has 0 aliphatic carbocycles. The van der Waals surface area contributed by atoms with Gasteiger partial charge in [-0.1, -0.05) is 0 Å². The molecule has 0 saturated heterocycles. The lowest BCUT2D eigenvalue weighted by molar-refractivity contribution is -0.385. The van der Waals surface area contributed by atoms with Crippen LogP contribution in [0.4, 0.5) is 10.1 Å². The van der Waals surface area contributed by atoms with Crippen molar-refractivity contribution in [3.8, 4) is 0 Å². The number of aryl methyl sites for hydroxylation is 1. The van der Waals surface area contributed by atoms with Crippen LogP contribution in [0.3, 0.4) is 0 Å². The number of nitrogens with zero attached hydrogens (tertiary/aromatic N) is 2. The Balaban J connectivity index is 2.99. The van der Waals surface area contributed by atoms with E-state index < -0.39 is 16.6 Å². The summed E-state index contributed by atoms with van der Waals surface area (Å²) in [7, 11) is 1.50. The molecule has 7 heteroatoms. The van der Waals surface area contributed by atoms with Gasteiger partial charge in [-0.25, -0.2) is 4.39 Å². The predicted octanol–water partition coefficient (Wildman–Crippen LogP) is 2.15. The summed E-state index contributed by atoms with van der Waals surface area (Å²) in [6.07, 6.45) is 0. The van der Waals surface area contributed by atoms with Crippen LogP contribution < -0.4 is 0 Å². The topological polar surface area (TPSA) is 72.7 Å². The SMILES string of the molecule is CCOCCN(C)C(=O)c1cc([N+](=O)[O-])cc(C)c1F. The summed E-state index contributed by atoms with van der Waals surface area (Å²) in [6, 6.07) is 2.06. The van der Waals surface area contributed by atoms with Crippen LogP contribution >= 0.6 is 0 Å². The fourth-order valence-corrected chi connectivity index (χ4v) is 1.66. The van der Waals surface area contributed by atoms with Crippen molar-refractivity contribution >= 4 is 11.6 Å². The number of nitro benzene ring substituents is 1. The van der Waals surface area contributed by atoms with Gasteiger partial charge in [0.05, 0.1) is 17.1 Å². The predicted molar refractivity (Wildman–Crippen MR) is 71.2 cm³/mol. The number of non-ortho nitro benzene ring substituents is 1. The summed E-state index contributed by atoms with van der Waals surface area (Å²) in [5, 5.41) is 10.8. The fourth-order valence-electron chi connectivity index (χ4n) is 1.66. The first kappa shape index (κ1) is 16.0. The van der Waals surface area contributed by atoms with Gasteiger partial charge in [0.1, 0.15) is 5.82 Å². The molecule has 1 aromatic carbocycles. The first-order chi connectivity index (χ1) is 9.38. The Hall–Kier alpha value is -2.02. The fraction of sp³-hybridized carbons (Fsp3) is 0.462. The number of carbonyl (C=O) groups is 1. The minimum absolute atomic E-state index is 0.0701. The summed E-state index contributed by atoms with van der Waals surface area (Å²) < 4.78 is 19.1. The molecule has 1 aromatic rings. The maximum Gasteiger partial charge on any atom is 0.270 e. The highest BCUT2D eigenvalue weighted by molar-refractivity contribution is 5.95. The van der Waals surface area contributed by atoms with E-state index in [9.17, 15) is 19.3 Å². The smallest absolute Gasteiger partial charge is 0.270 e. The van der Waals surface area contributed by atoms with Crippen molar-refractivity contribution in [3.63, 3.8) is 0 Å². The molecule has 0 atom stereocenters. The molecule has 1 amide bonds. The largest absolute Gasteiger partial charge is 0.380 e. The normalized spacial score (nSPS) is 10.4. The Bertz CT molecular complexity index is 519. The quantitative estimate of drug-likeness (QED) is 0.456. The molecule has 0 aliphatic rings. The van der Waals surface area contributed by atoms with E-state index >= 15 is 0 Å². The molecule has 20 heavy (non-hydrogen) atoms. The second-order valence-electron chi connectivity index (χ2n) is 4.30. The summed E-state index contributed by atoms with van der Waals surface area (Å²) in [5.74, 6) is -1.34. The summed E-state index contributed by atoms with van der Waals surface area (Å²) in [5.41, 5.74) is -0.526. The Morgan fingerprint density at radius 2 is 2.15 bits per heavy atom. The molecule has 0 aliphatic heterocycles. The average Bonchev–Trinajstić information content (AvgIpc) is 2.40. The summed E-state index contributed by atoms with van der Waals surface area (Å²) in [4.78, 5) is 23.5. The van der Waals surface area contributed by atoms with Crippen LogP contribution in [-0.4, -0.2) is 42.5 Å². The average molecular weight is 284 g/mol. The third-order valence-electron chi connectivity index (χ3n) is 2.80. The van der Waals surface area contributed by atoms with Crippen LogP contribution in [-0.2, 0) is 4.74 Å². The molecule has 6 nitrogen and oxygen atoms in total. The van der Waals surface area contributed by atoms with Gasteiger partial charge in [0.2, 0.25) is 0 Å². The Morgan fingerprint density at radius 1 is 1.50 bits per heavy atom. The number of benzene rings is 1. The van der Waals surface area contributed by atoms with E-state index in [2.05, 4.69) is 0 Å². The van der Waals surface area contributed by atoms with Crippen LogP contribution in [0.15, 0.2) is 12.1 Å². The van der Waals surface area contributed by atoms with Crippen LogP contribution in [0.2, 0.25) is 0 Å². The molecular formula is C13H17FN2O4. The molecular weight excluding hydrogens is 267 g/mol. The number of rotatable bonds is 6. The number of carbonyl (C=O) groups excluding carboxylic acids is 1. The standard InChI is InChI=1S/C13H17FN2O4/c1-4-20-6-5-15(3)13(17)11-8-10(16(18)19)7-9(2)12(11)14/h7-8H,4-6H2,1-3H3.